The van der Waals surface area contributed by atoms with Crippen LogP contribution in [-0.4, -0.2) is 23.5 Å². The Hall–Kier alpha value is -2.62. The molecule has 154 valence electrons. The second-order valence-electron chi connectivity index (χ2n) is 6.35. The number of hydrogen-bond donors (Lipinski definition) is 2. The number of carboxylic acid groups (broad SMARTS) is 1. The Labute approximate surface area is 170 Å². The number of rotatable bonds is 16. The summed E-state index contributed by atoms with van der Waals surface area (Å²) in [5.74, 6) is -1.49. The first-order chi connectivity index (χ1) is 13.7. The van der Waals surface area contributed by atoms with E-state index in [0.29, 0.717) is 0 Å². The number of carbonyl (C=O) groups excluding carboxylic acids is 1. The van der Waals surface area contributed by atoms with E-state index >= 15 is 0 Å². The van der Waals surface area contributed by atoms with Gasteiger partial charge in [-0.1, -0.05) is 112 Å². The molecule has 0 aromatic rings. The van der Waals surface area contributed by atoms with Gasteiger partial charge < -0.3 is 10.4 Å². The molecule has 0 spiro atoms. The van der Waals surface area contributed by atoms with E-state index < -0.39 is 11.9 Å². The predicted octanol–water partition coefficient (Wildman–Crippen LogP) is 5.67. The van der Waals surface area contributed by atoms with Crippen LogP contribution in [0.15, 0.2) is 72.9 Å². The zero-order valence-corrected chi connectivity index (χ0v) is 17.1. The molecule has 0 aromatic heterocycles. The van der Waals surface area contributed by atoms with E-state index in [1.807, 2.05) is 36.5 Å². The lowest BCUT2D eigenvalue weighted by atomic mass is 10.1. The van der Waals surface area contributed by atoms with E-state index in [9.17, 15) is 9.59 Å². The maximum absolute atomic E-state index is 11.2. The van der Waals surface area contributed by atoms with Gasteiger partial charge in [0, 0.05) is 6.08 Å². The van der Waals surface area contributed by atoms with Crippen LogP contribution in [0.4, 0.5) is 0 Å². The van der Waals surface area contributed by atoms with Gasteiger partial charge in [-0.15, -0.1) is 0 Å². The number of aliphatic carboxylic acids is 1. The second kappa shape index (κ2) is 20.7. The first-order valence-electron chi connectivity index (χ1n) is 10.2. The lowest BCUT2D eigenvalue weighted by Crippen LogP contribution is -2.27. The van der Waals surface area contributed by atoms with Gasteiger partial charge in [-0.2, -0.15) is 0 Å². The number of carboxylic acids is 1. The van der Waals surface area contributed by atoms with Gasteiger partial charge in [0.15, 0.2) is 0 Å². The first-order valence-corrected chi connectivity index (χ1v) is 10.2. The molecule has 1 amide bonds. The molecule has 28 heavy (non-hydrogen) atoms. The van der Waals surface area contributed by atoms with Crippen molar-refractivity contribution in [2.24, 2.45) is 0 Å². The lowest BCUT2D eigenvalue weighted by Gasteiger charge is -1.98. The van der Waals surface area contributed by atoms with Crippen molar-refractivity contribution < 1.29 is 14.7 Å². The predicted molar refractivity (Wildman–Crippen MR) is 118 cm³/mol. The van der Waals surface area contributed by atoms with Gasteiger partial charge in [-0.05, 0) is 12.8 Å². The summed E-state index contributed by atoms with van der Waals surface area (Å²) < 4.78 is 0. The number of allylic oxidation sites excluding steroid dienone is 11. The largest absolute Gasteiger partial charge is 0.480 e. The first kappa shape index (κ1) is 25.4. The van der Waals surface area contributed by atoms with Crippen LogP contribution in [0.25, 0.3) is 0 Å². The highest BCUT2D eigenvalue weighted by Gasteiger charge is 1.97. The van der Waals surface area contributed by atoms with E-state index in [1.54, 1.807) is 18.2 Å². The van der Waals surface area contributed by atoms with Crippen molar-refractivity contribution in [3.63, 3.8) is 0 Å². The van der Waals surface area contributed by atoms with Crippen LogP contribution < -0.4 is 5.32 Å². The third-order valence-corrected chi connectivity index (χ3v) is 3.77. The normalized spacial score (nSPS) is 12.6. The molecule has 2 N–H and O–H groups in total. The van der Waals surface area contributed by atoms with E-state index in [2.05, 4.69) is 24.4 Å². The molecule has 0 saturated carbocycles. The summed E-state index contributed by atoms with van der Waals surface area (Å²) in [5, 5.41) is 10.7. The van der Waals surface area contributed by atoms with Crippen LogP contribution in [0, 0.1) is 0 Å². The van der Waals surface area contributed by atoms with Crippen LogP contribution >= 0.6 is 0 Å². The Balaban J connectivity index is 3.70. The molecule has 0 fully saturated rings. The molecule has 4 nitrogen and oxygen atoms in total. The summed E-state index contributed by atoms with van der Waals surface area (Å²) in [4.78, 5) is 21.5. The highest BCUT2D eigenvalue weighted by Crippen LogP contribution is 2.08. The van der Waals surface area contributed by atoms with Gasteiger partial charge in [-0.3, -0.25) is 9.59 Å². The van der Waals surface area contributed by atoms with Gasteiger partial charge in [0.2, 0.25) is 5.91 Å². The van der Waals surface area contributed by atoms with Crippen molar-refractivity contribution in [1.82, 2.24) is 5.32 Å². The fourth-order valence-electron chi connectivity index (χ4n) is 2.27. The van der Waals surface area contributed by atoms with Crippen molar-refractivity contribution in [3.8, 4) is 0 Å². The molecule has 4 heteroatoms. The van der Waals surface area contributed by atoms with E-state index in [0.717, 1.165) is 6.42 Å². The van der Waals surface area contributed by atoms with E-state index in [-0.39, 0.29) is 6.54 Å². The van der Waals surface area contributed by atoms with Crippen molar-refractivity contribution >= 4 is 11.9 Å². The number of hydrogen-bond acceptors (Lipinski definition) is 2. The molecular formula is C24H35NO3. The molecule has 0 aliphatic carbocycles. The summed E-state index contributed by atoms with van der Waals surface area (Å²) in [7, 11) is 0. The van der Waals surface area contributed by atoms with E-state index in [4.69, 9.17) is 5.11 Å². The fraction of sp³-hybridized carbons (Fsp3) is 0.417. The Morgan fingerprint density at radius 1 is 0.714 bits per heavy atom. The molecule has 0 aliphatic rings. The van der Waals surface area contributed by atoms with Crippen LogP contribution in [0.3, 0.4) is 0 Å². The van der Waals surface area contributed by atoms with Crippen molar-refractivity contribution in [1.29, 1.82) is 0 Å². The fourth-order valence-corrected chi connectivity index (χ4v) is 2.27. The van der Waals surface area contributed by atoms with Crippen molar-refractivity contribution in [2.75, 3.05) is 6.54 Å². The monoisotopic (exact) mass is 385 g/mol. The third kappa shape index (κ3) is 21.4. The topological polar surface area (TPSA) is 66.4 Å². The highest BCUT2D eigenvalue weighted by atomic mass is 16.4. The van der Waals surface area contributed by atoms with Gasteiger partial charge >= 0.3 is 5.97 Å². The van der Waals surface area contributed by atoms with Crippen molar-refractivity contribution in [3.05, 3.63) is 72.9 Å². The molecule has 0 aromatic carbocycles. The Bertz CT molecular complexity index is 581. The molecule has 0 bridgehead atoms. The number of unbranched alkanes of at least 4 members (excludes halogenated alkanes) is 7. The summed E-state index contributed by atoms with van der Waals surface area (Å²) in [5.41, 5.74) is 0. The summed E-state index contributed by atoms with van der Waals surface area (Å²) in [6.07, 6.45) is 32.8. The van der Waals surface area contributed by atoms with Crippen molar-refractivity contribution in [2.45, 2.75) is 58.3 Å². The van der Waals surface area contributed by atoms with E-state index in [1.165, 1.54) is 51.0 Å². The van der Waals surface area contributed by atoms with Gasteiger partial charge in [0.1, 0.15) is 6.54 Å². The zero-order valence-electron chi connectivity index (χ0n) is 17.1. The molecule has 0 aliphatic heterocycles. The number of carbonyl (C=O) groups is 2. The maximum atomic E-state index is 11.2. The number of amides is 1. The minimum atomic E-state index is -1.07. The zero-order chi connectivity index (χ0) is 20.7. The van der Waals surface area contributed by atoms with Gasteiger partial charge in [0.25, 0.3) is 0 Å². The molecule has 0 atom stereocenters. The molecule has 0 unspecified atom stereocenters. The Kier molecular flexibility index (Phi) is 18.8. The second-order valence-corrected chi connectivity index (χ2v) is 6.35. The highest BCUT2D eigenvalue weighted by molar-refractivity contribution is 5.90. The smallest absolute Gasteiger partial charge is 0.322 e. The SMILES string of the molecule is CCCCCCCCCC=CC=CC=CC=CC=CC=CC(=O)NCC(=O)O. The maximum Gasteiger partial charge on any atom is 0.322 e. The molecule has 0 radical (unpaired) electrons. The van der Waals surface area contributed by atoms with Gasteiger partial charge in [0.05, 0.1) is 0 Å². The standard InChI is InChI=1S/C24H35NO3/c1-2-3-4-5-6-7-8-9-10-11-12-13-14-15-16-17-18-19-20-21-23(26)25-22-24(27)28/h10-21H,2-9,22H2,1H3,(H,25,26)(H,27,28). The van der Waals surface area contributed by atoms with Crippen LogP contribution in [-0.2, 0) is 9.59 Å². The van der Waals surface area contributed by atoms with Crippen LogP contribution in [0.1, 0.15) is 58.3 Å². The Morgan fingerprint density at radius 3 is 1.79 bits per heavy atom. The minimum absolute atomic E-state index is 0.376. The van der Waals surface area contributed by atoms with Crippen LogP contribution in [0.2, 0.25) is 0 Å². The summed E-state index contributed by atoms with van der Waals surface area (Å²) >= 11 is 0. The Morgan fingerprint density at radius 2 is 1.21 bits per heavy atom. The minimum Gasteiger partial charge on any atom is -0.480 e. The quantitative estimate of drug-likeness (QED) is 0.204. The third-order valence-electron chi connectivity index (χ3n) is 3.77. The molecular weight excluding hydrogens is 350 g/mol. The van der Waals surface area contributed by atoms with Gasteiger partial charge in [-0.25, -0.2) is 0 Å². The average molecular weight is 386 g/mol. The number of nitrogens with one attached hydrogen (secondary N) is 1. The average Bonchev–Trinajstić information content (AvgIpc) is 2.68. The molecule has 0 saturated heterocycles. The molecule has 0 rings (SSSR count). The summed E-state index contributed by atoms with van der Waals surface area (Å²) in [6.45, 7) is 1.87. The lowest BCUT2D eigenvalue weighted by molar-refractivity contribution is -0.137. The van der Waals surface area contributed by atoms with Crippen LogP contribution in [0.5, 0.6) is 0 Å². The summed E-state index contributed by atoms with van der Waals surface area (Å²) in [6, 6.07) is 0. The molecule has 0 heterocycles.